The summed E-state index contributed by atoms with van der Waals surface area (Å²) in [5.41, 5.74) is 0. The Kier molecular flexibility index (Phi) is 1.41. The summed E-state index contributed by atoms with van der Waals surface area (Å²) in [6, 6.07) is 0. The molecule has 2 aliphatic carbocycles. The molecule has 0 aliphatic heterocycles. The zero-order valence-electron chi connectivity index (χ0n) is 5.85. The summed E-state index contributed by atoms with van der Waals surface area (Å²) in [6.45, 7) is 0. The first-order chi connectivity index (χ1) is 4.79. The summed E-state index contributed by atoms with van der Waals surface area (Å²) in [6.07, 6.45) is 6.27. The molecule has 0 amide bonds. The van der Waals surface area contributed by atoms with Crippen molar-refractivity contribution < 1.29 is 4.79 Å². The molecule has 0 N–H and O–H groups in total. The normalized spacial score (nSPS) is 51.7. The highest BCUT2D eigenvalue weighted by Crippen LogP contribution is 2.62. The number of aldehydes is 1. The van der Waals surface area contributed by atoms with Crippen molar-refractivity contribution in [3.8, 4) is 0 Å². The van der Waals surface area contributed by atoms with Crippen LogP contribution in [0, 0.1) is 11.8 Å². The molecule has 0 radical (unpaired) electrons. The number of carbonyl (C=O) groups excluding carboxylic acids is 1. The highest BCUT2D eigenvalue weighted by atomic mass is 79.9. The van der Waals surface area contributed by atoms with E-state index in [9.17, 15) is 4.79 Å². The molecule has 2 unspecified atom stereocenters. The Morgan fingerprint density at radius 1 is 1.30 bits per heavy atom. The van der Waals surface area contributed by atoms with Crippen molar-refractivity contribution in [3.63, 3.8) is 0 Å². The molecule has 10 heavy (non-hydrogen) atoms. The van der Waals surface area contributed by atoms with Gasteiger partial charge in [0.25, 0.3) is 0 Å². The maximum Gasteiger partial charge on any atom is 0.137 e. The molecule has 2 aliphatic rings. The van der Waals surface area contributed by atoms with Gasteiger partial charge in [0, 0.05) is 0 Å². The fourth-order valence-electron chi connectivity index (χ4n) is 2.27. The van der Waals surface area contributed by atoms with Crippen LogP contribution in [0.3, 0.4) is 0 Å². The van der Waals surface area contributed by atoms with E-state index in [0.717, 1.165) is 6.29 Å². The molecular formula is C8H11BrO. The molecule has 1 nitrogen and oxygen atoms in total. The van der Waals surface area contributed by atoms with Crippen LogP contribution in [0.5, 0.6) is 0 Å². The lowest BCUT2D eigenvalue weighted by molar-refractivity contribution is -0.108. The Bertz CT molecular complexity index is 155. The van der Waals surface area contributed by atoms with Gasteiger partial charge in [-0.2, -0.15) is 0 Å². The maximum atomic E-state index is 10.6. The molecule has 2 atom stereocenters. The van der Waals surface area contributed by atoms with Gasteiger partial charge in [-0.15, -0.1) is 0 Å². The van der Waals surface area contributed by atoms with E-state index in [1.807, 2.05) is 0 Å². The van der Waals surface area contributed by atoms with Gasteiger partial charge in [-0.25, -0.2) is 0 Å². The predicted molar refractivity (Wildman–Crippen MR) is 43.2 cm³/mol. The highest BCUT2D eigenvalue weighted by molar-refractivity contribution is 9.10. The number of hydrogen-bond donors (Lipinski definition) is 0. The lowest BCUT2D eigenvalue weighted by Crippen LogP contribution is -2.03. The van der Waals surface area contributed by atoms with E-state index >= 15 is 0 Å². The largest absolute Gasteiger partial charge is 0.302 e. The Labute approximate surface area is 69.3 Å². The molecule has 0 spiro atoms. The average molecular weight is 203 g/mol. The Hall–Kier alpha value is 0.150. The van der Waals surface area contributed by atoms with Crippen molar-refractivity contribution in [1.29, 1.82) is 0 Å². The lowest BCUT2D eigenvalue weighted by Gasteiger charge is -2.04. The van der Waals surface area contributed by atoms with Crippen LogP contribution in [0.4, 0.5) is 0 Å². The minimum atomic E-state index is -0.0799. The average Bonchev–Trinajstić information content (AvgIpc) is 2.60. The van der Waals surface area contributed by atoms with Gasteiger partial charge in [-0.3, -0.25) is 0 Å². The molecule has 0 aromatic heterocycles. The van der Waals surface area contributed by atoms with Gasteiger partial charge >= 0.3 is 0 Å². The Morgan fingerprint density at radius 3 is 2.20 bits per heavy atom. The second-order valence-corrected chi connectivity index (χ2v) is 4.82. The Balaban J connectivity index is 2.11. The summed E-state index contributed by atoms with van der Waals surface area (Å²) in [5, 5.41) is 0. The highest BCUT2D eigenvalue weighted by Gasteiger charge is 2.63. The second kappa shape index (κ2) is 2.07. The van der Waals surface area contributed by atoms with Gasteiger partial charge in [0.1, 0.15) is 6.29 Å². The maximum absolute atomic E-state index is 10.6. The van der Waals surface area contributed by atoms with Crippen molar-refractivity contribution in [2.75, 3.05) is 0 Å². The number of carbonyl (C=O) groups is 1. The van der Waals surface area contributed by atoms with Crippen LogP contribution >= 0.6 is 15.9 Å². The van der Waals surface area contributed by atoms with Crippen LogP contribution in [0.15, 0.2) is 0 Å². The van der Waals surface area contributed by atoms with E-state index in [0.29, 0.717) is 11.8 Å². The van der Waals surface area contributed by atoms with E-state index in [2.05, 4.69) is 15.9 Å². The third-order valence-corrected chi connectivity index (χ3v) is 4.34. The van der Waals surface area contributed by atoms with E-state index in [1.54, 1.807) is 0 Å². The topological polar surface area (TPSA) is 17.1 Å². The monoisotopic (exact) mass is 202 g/mol. The van der Waals surface area contributed by atoms with Crippen LogP contribution in [0.1, 0.15) is 25.7 Å². The van der Waals surface area contributed by atoms with Crippen molar-refractivity contribution in [2.45, 2.75) is 30.0 Å². The smallest absolute Gasteiger partial charge is 0.137 e. The zero-order chi connectivity index (χ0) is 7.19. The molecule has 2 rings (SSSR count). The number of hydrogen-bond acceptors (Lipinski definition) is 1. The summed E-state index contributed by atoms with van der Waals surface area (Å²) < 4.78 is -0.0799. The minimum absolute atomic E-state index is 0.0799. The number of alkyl halides is 1. The number of fused-ring (bicyclic) bond motifs is 1. The van der Waals surface area contributed by atoms with Crippen molar-refractivity contribution >= 4 is 22.2 Å². The van der Waals surface area contributed by atoms with Crippen LogP contribution in [-0.4, -0.2) is 10.6 Å². The van der Waals surface area contributed by atoms with Crippen molar-refractivity contribution in [3.05, 3.63) is 0 Å². The molecule has 2 saturated carbocycles. The second-order valence-electron chi connectivity index (χ2n) is 3.44. The predicted octanol–water partition coefficient (Wildman–Crippen LogP) is 2.14. The van der Waals surface area contributed by atoms with Gasteiger partial charge in [0.15, 0.2) is 0 Å². The SMILES string of the molecule is O=CC1(Br)C2CCCCC21. The van der Waals surface area contributed by atoms with Crippen LogP contribution in [-0.2, 0) is 4.79 Å². The molecule has 0 aromatic carbocycles. The molecular weight excluding hydrogens is 192 g/mol. The summed E-state index contributed by atoms with van der Waals surface area (Å²) in [4.78, 5) is 10.6. The number of halogens is 1. The van der Waals surface area contributed by atoms with E-state index in [4.69, 9.17) is 0 Å². The van der Waals surface area contributed by atoms with Gasteiger partial charge in [0.2, 0.25) is 0 Å². The lowest BCUT2D eigenvalue weighted by atomic mass is 10.0. The fraction of sp³-hybridized carbons (Fsp3) is 0.875. The fourth-order valence-corrected chi connectivity index (χ4v) is 3.24. The number of rotatable bonds is 1. The van der Waals surface area contributed by atoms with Crippen LogP contribution in [0.2, 0.25) is 0 Å². The third kappa shape index (κ3) is 0.714. The van der Waals surface area contributed by atoms with Gasteiger partial charge in [0.05, 0.1) is 4.32 Å². The standard InChI is InChI=1S/C8H11BrO/c9-8(5-10)6-3-1-2-4-7(6)8/h5-7H,1-4H2. The quantitative estimate of drug-likeness (QED) is 0.471. The van der Waals surface area contributed by atoms with Crippen molar-refractivity contribution in [2.24, 2.45) is 11.8 Å². The van der Waals surface area contributed by atoms with E-state index in [-0.39, 0.29) is 4.32 Å². The first-order valence-electron chi connectivity index (χ1n) is 3.94. The molecule has 2 fully saturated rings. The van der Waals surface area contributed by atoms with E-state index < -0.39 is 0 Å². The van der Waals surface area contributed by atoms with Crippen LogP contribution in [0.25, 0.3) is 0 Å². The Morgan fingerprint density at radius 2 is 1.80 bits per heavy atom. The van der Waals surface area contributed by atoms with Crippen molar-refractivity contribution in [1.82, 2.24) is 0 Å². The minimum Gasteiger partial charge on any atom is -0.302 e. The molecule has 2 heteroatoms. The molecule has 0 heterocycles. The van der Waals surface area contributed by atoms with Gasteiger partial charge in [-0.1, -0.05) is 28.8 Å². The molecule has 0 bridgehead atoms. The summed E-state index contributed by atoms with van der Waals surface area (Å²) in [5.74, 6) is 1.36. The summed E-state index contributed by atoms with van der Waals surface area (Å²) in [7, 11) is 0. The first kappa shape index (κ1) is 6.84. The van der Waals surface area contributed by atoms with Crippen LogP contribution < -0.4 is 0 Å². The van der Waals surface area contributed by atoms with Gasteiger partial charge < -0.3 is 4.79 Å². The summed E-state index contributed by atoms with van der Waals surface area (Å²) >= 11 is 3.51. The molecule has 0 aromatic rings. The van der Waals surface area contributed by atoms with E-state index in [1.165, 1.54) is 25.7 Å². The first-order valence-corrected chi connectivity index (χ1v) is 4.73. The molecule has 56 valence electrons. The zero-order valence-corrected chi connectivity index (χ0v) is 7.43. The third-order valence-electron chi connectivity index (χ3n) is 2.97. The molecule has 0 saturated heterocycles. The van der Waals surface area contributed by atoms with Gasteiger partial charge in [-0.05, 0) is 24.7 Å².